The maximum atomic E-state index is 12.3. The summed E-state index contributed by atoms with van der Waals surface area (Å²) in [6, 6.07) is 5.49. The Hall–Kier alpha value is -0.890. The predicted molar refractivity (Wildman–Crippen MR) is 51.0 cm³/mol. The van der Waals surface area contributed by atoms with Crippen LogP contribution in [0.4, 0.5) is 19.4 Å². The Kier molecular flexibility index (Phi) is 1.61. The molecule has 0 unspecified atom stereocenters. The number of halogens is 5. The fraction of sp³-hybridized carbons (Fsp3) is 0. The first-order valence-corrected chi connectivity index (χ1v) is 6.43. The summed E-state index contributed by atoms with van der Waals surface area (Å²) in [4.78, 5) is 2.92. The second-order valence-corrected chi connectivity index (χ2v) is 6.53. The Morgan fingerprint density at radius 3 is 2.13 bits per heavy atom. The second kappa shape index (κ2) is 2.27. The highest BCUT2D eigenvalue weighted by atomic mass is 32.5. The quantitative estimate of drug-likeness (QED) is 0.661. The lowest BCUT2D eigenvalue weighted by molar-refractivity contribution is 0.363. The molecule has 15 heavy (non-hydrogen) atoms. The lowest BCUT2D eigenvalue weighted by Gasteiger charge is -2.37. The Morgan fingerprint density at radius 2 is 1.60 bits per heavy atom. The van der Waals surface area contributed by atoms with Gasteiger partial charge in [-0.2, -0.15) is 0 Å². The first-order chi connectivity index (χ1) is 6.56. The molecule has 0 N–H and O–H groups in total. The van der Waals surface area contributed by atoms with Crippen molar-refractivity contribution in [2.24, 2.45) is 0 Å². The van der Waals surface area contributed by atoms with Crippen LogP contribution in [0.3, 0.4) is 0 Å². The molecule has 1 aromatic carbocycles. The highest BCUT2D eigenvalue weighted by molar-refractivity contribution is 8.46. The number of hydrogen-bond donors (Lipinski definition) is 0. The summed E-state index contributed by atoms with van der Waals surface area (Å²) in [5, 5.41) is 0. The zero-order valence-corrected chi connectivity index (χ0v) is 8.60. The van der Waals surface area contributed by atoms with Crippen molar-refractivity contribution in [3.05, 3.63) is 24.3 Å². The van der Waals surface area contributed by atoms with Crippen molar-refractivity contribution < 1.29 is 19.4 Å². The maximum absolute atomic E-state index is 12.3. The lowest BCUT2D eigenvalue weighted by atomic mass is 10.3. The van der Waals surface area contributed by atoms with Crippen LogP contribution in [0.2, 0.25) is 0 Å². The number of thiazole rings is 1. The summed E-state index contributed by atoms with van der Waals surface area (Å²) < 4.78 is 59.7. The molecule has 8 heteroatoms. The van der Waals surface area contributed by atoms with Crippen molar-refractivity contribution in [3.8, 4) is 0 Å². The van der Waals surface area contributed by atoms with Gasteiger partial charge < -0.3 is 0 Å². The predicted octanol–water partition coefficient (Wildman–Crippen LogP) is 4.95. The monoisotopic (exact) mass is 261 g/mol. The van der Waals surface area contributed by atoms with Crippen LogP contribution in [0.15, 0.2) is 28.6 Å². The van der Waals surface area contributed by atoms with Crippen molar-refractivity contribution in [1.29, 1.82) is 0 Å². The summed E-state index contributed by atoms with van der Waals surface area (Å²) in [7, 11) is -9.61. The molecule has 0 radical (unpaired) electrons. The standard InChI is InChI=1S/C7H4F5NS2/c8-15(9,10,11,12)7-13-5-3-1-2-4-6(5)14-7/h1-4H. The number of para-hydroxylation sites is 1. The number of benzene rings is 1. The van der Waals surface area contributed by atoms with Crippen molar-refractivity contribution in [2.45, 2.75) is 4.34 Å². The number of hydrogen-bond acceptors (Lipinski definition) is 2. The Balaban J connectivity index is 2.76. The van der Waals surface area contributed by atoms with Gasteiger partial charge in [0.2, 0.25) is 0 Å². The van der Waals surface area contributed by atoms with Crippen LogP contribution in [0.1, 0.15) is 0 Å². The molecule has 0 spiro atoms. The Morgan fingerprint density at radius 1 is 1.00 bits per heavy atom. The smallest absolute Gasteiger partial charge is 0.222 e. The van der Waals surface area contributed by atoms with E-state index in [9.17, 15) is 19.4 Å². The third kappa shape index (κ3) is 2.05. The first-order valence-electron chi connectivity index (χ1n) is 3.66. The molecule has 2 rings (SSSR count). The third-order valence-electron chi connectivity index (χ3n) is 1.60. The lowest BCUT2D eigenvalue weighted by Crippen LogP contribution is -2.04. The maximum Gasteiger partial charge on any atom is 0.334 e. The van der Waals surface area contributed by atoms with Gasteiger partial charge in [-0.25, -0.2) is 4.98 Å². The SMILES string of the molecule is FS(F)(F)(F)(F)c1nc2ccccc2s1. The minimum atomic E-state index is -9.61. The van der Waals surface area contributed by atoms with Crippen LogP contribution in [0, 0.1) is 0 Å². The molecular formula is C7H4F5NS2. The minimum absolute atomic E-state index is 0.0317. The largest absolute Gasteiger partial charge is 0.334 e. The van der Waals surface area contributed by atoms with Crippen molar-refractivity contribution >= 4 is 31.8 Å². The molecule has 0 aliphatic carbocycles. The van der Waals surface area contributed by atoms with Gasteiger partial charge in [0.1, 0.15) is 0 Å². The van der Waals surface area contributed by atoms with E-state index in [0.29, 0.717) is 0 Å². The van der Waals surface area contributed by atoms with Crippen LogP contribution < -0.4 is 0 Å². The van der Waals surface area contributed by atoms with Gasteiger partial charge in [0.05, 0.1) is 10.2 Å². The summed E-state index contributed by atoms with van der Waals surface area (Å²) in [5.41, 5.74) is -0.0641. The molecular weight excluding hydrogens is 257 g/mol. The van der Waals surface area contributed by atoms with Crippen LogP contribution in [-0.2, 0) is 0 Å². The van der Waals surface area contributed by atoms with Gasteiger partial charge in [-0.05, 0) is 12.1 Å². The molecule has 0 fully saturated rings. The first kappa shape index (κ1) is 10.6. The number of aromatic nitrogens is 1. The summed E-state index contributed by atoms with van der Waals surface area (Å²) in [5.74, 6) is 0. The molecule has 0 saturated heterocycles. The molecule has 1 aromatic heterocycles. The van der Waals surface area contributed by atoms with Gasteiger partial charge in [-0.1, -0.05) is 42.9 Å². The van der Waals surface area contributed by atoms with E-state index >= 15 is 0 Å². The summed E-state index contributed by atoms with van der Waals surface area (Å²) in [6.45, 7) is 0. The van der Waals surface area contributed by atoms with Gasteiger partial charge in [0, 0.05) is 0 Å². The second-order valence-electron chi connectivity index (χ2n) is 2.92. The van der Waals surface area contributed by atoms with E-state index in [1.165, 1.54) is 24.3 Å². The summed E-state index contributed by atoms with van der Waals surface area (Å²) >= 11 is -0.0317. The van der Waals surface area contributed by atoms with E-state index in [1.54, 1.807) is 0 Å². The normalized spacial score (nSPS) is 17.4. The molecule has 0 amide bonds. The third-order valence-corrected chi connectivity index (χ3v) is 4.38. The fourth-order valence-electron chi connectivity index (χ4n) is 1.02. The molecule has 0 aliphatic rings. The average molecular weight is 261 g/mol. The van der Waals surface area contributed by atoms with Crippen molar-refractivity contribution in [1.82, 2.24) is 4.98 Å². The number of nitrogens with zero attached hydrogens (tertiary/aromatic N) is 1. The van der Waals surface area contributed by atoms with Gasteiger partial charge in [-0.3, -0.25) is 0 Å². The molecule has 0 atom stereocenters. The minimum Gasteiger partial charge on any atom is -0.222 e. The summed E-state index contributed by atoms with van der Waals surface area (Å²) in [6.07, 6.45) is 0. The van der Waals surface area contributed by atoms with E-state index in [-0.39, 0.29) is 21.6 Å². The topological polar surface area (TPSA) is 12.9 Å². The van der Waals surface area contributed by atoms with E-state index in [1.807, 2.05) is 0 Å². The Bertz CT molecular complexity index is 495. The van der Waals surface area contributed by atoms with Crippen LogP contribution in [0.5, 0.6) is 0 Å². The average Bonchev–Trinajstić information content (AvgIpc) is 2.43. The molecule has 84 valence electrons. The fourth-order valence-corrected chi connectivity index (χ4v) is 2.88. The zero-order valence-electron chi connectivity index (χ0n) is 6.96. The van der Waals surface area contributed by atoms with E-state index in [4.69, 9.17) is 0 Å². The Labute approximate surface area is 85.3 Å². The van der Waals surface area contributed by atoms with E-state index in [2.05, 4.69) is 4.98 Å². The molecule has 0 saturated carbocycles. The van der Waals surface area contributed by atoms with Crippen LogP contribution in [-0.4, -0.2) is 4.98 Å². The molecule has 2 aromatic rings. The molecule has 0 aliphatic heterocycles. The molecule has 1 heterocycles. The number of fused-ring (bicyclic) bond motifs is 1. The van der Waals surface area contributed by atoms with Gasteiger partial charge in [0.15, 0.2) is 0 Å². The highest BCUT2D eigenvalue weighted by Crippen LogP contribution is 3.02. The molecule has 0 bridgehead atoms. The van der Waals surface area contributed by atoms with Crippen LogP contribution >= 0.6 is 21.6 Å². The molecule has 1 nitrogen and oxygen atoms in total. The van der Waals surface area contributed by atoms with E-state index < -0.39 is 14.6 Å². The van der Waals surface area contributed by atoms with E-state index in [0.717, 1.165) is 0 Å². The van der Waals surface area contributed by atoms with Crippen molar-refractivity contribution in [2.75, 3.05) is 0 Å². The van der Waals surface area contributed by atoms with Gasteiger partial charge in [-0.15, -0.1) is 0 Å². The van der Waals surface area contributed by atoms with Crippen molar-refractivity contribution in [3.63, 3.8) is 0 Å². The van der Waals surface area contributed by atoms with Gasteiger partial charge in [0.25, 0.3) is 4.34 Å². The van der Waals surface area contributed by atoms with Gasteiger partial charge >= 0.3 is 10.2 Å². The number of rotatable bonds is 1. The van der Waals surface area contributed by atoms with Crippen LogP contribution in [0.25, 0.3) is 10.2 Å². The zero-order chi connectivity index (χ0) is 11.4. The highest BCUT2D eigenvalue weighted by Gasteiger charge is 2.68.